The van der Waals surface area contributed by atoms with Crippen LogP contribution in [-0.4, -0.2) is 34.2 Å². The van der Waals surface area contributed by atoms with Crippen molar-refractivity contribution in [2.75, 3.05) is 13.7 Å². The molecule has 0 radical (unpaired) electrons. The van der Waals surface area contributed by atoms with Crippen LogP contribution in [0.2, 0.25) is 0 Å². The third-order valence-electron chi connectivity index (χ3n) is 3.69. The molecule has 1 fully saturated rings. The van der Waals surface area contributed by atoms with Crippen molar-refractivity contribution in [1.82, 2.24) is 10.0 Å². The van der Waals surface area contributed by atoms with Gasteiger partial charge in [0.1, 0.15) is 5.76 Å². The number of sulfonamides is 1. The summed E-state index contributed by atoms with van der Waals surface area (Å²) in [7, 11) is -2.01. The molecule has 1 saturated carbocycles. The van der Waals surface area contributed by atoms with Crippen LogP contribution >= 0.6 is 0 Å². The molecule has 120 valence electrons. The molecule has 0 aliphatic heterocycles. The lowest BCUT2D eigenvalue weighted by Crippen LogP contribution is -2.40. The van der Waals surface area contributed by atoms with E-state index in [0.717, 1.165) is 32.2 Å². The van der Waals surface area contributed by atoms with Crippen LogP contribution in [0.25, 0.3) is 0 Å². The molecule has 1 aliphatic carbocycles. The minimum absolute atomic E-state index is 0.0300. The first-order chi connectivity index (χ1) is 10.1. The monoisotopic (exact) mass is 316 g/mol. The summed E-state index contributed by atoms with van der Waals surface area (Å²) >= 11 is 0. The van der Waals surface area contributed by atoms with Gasteiger partial charge in [0.05, 0.1) is 12.6 Å². The van der Waals surface area contributed by atoms with Crippen molar-refractivity contribution in [1.29, 1.82) is 0 Å². The number of nitrogens with one attached hydrogen (secondary N) is 2. The fourth-order valence-electron chi connectivity index (χ4n) is 2.59. The van der Waals surface area contributed by atoms with Crippen molar-refractivity contribution in [2.45, 2.75) is 56.4 Å². The van der Waals surface area contributed by atoms with Crippen molar-refractivity contribution in [3.8, 4) is 0 Å². The number of methoxy groups -OCH3 is 1. The predicted octanol–water partition coefficient (Wildman–Crippen LogP) is 1.62. The van der Waals surface area contributed by atoms with Gasteiger partial charge in [-0.15, -0.1) is 0 Å². The third-order valence-corrected chi connectivity index (χ3v) is 5.05. The Labute approximate surface area is 126 Å². The zero-order valence-electron chi connectivity index (χ0n) is 12.6. The largest absolute Gasteiger partial charge is 0.447 e. The Balaban J connectivity index is 1.99. The van der Waals surface area contributed by atoms with Gasteiger partial charge in [-0.1, -0.05) is 6.92 Å². The second-order valence-corrected chi connectivity index (χ2v) is 6.98. The van der Waals surface area contributed by atoms with Crippen LogP contribution < -0.4 is 10.0 Å². The van der Waals surface area contributed by atoms with Gasteiger partial charge in [0.15, 0.2) is 0 Å². The Morgan fingerprint density at radius 1 is 1.38 bits per heavy atom. The molecule has 0 amide bonds. The van der Waals surface area contributed by atoms with Gasteiger partial charge in [-0.2, -0.15) is 0 Å². The maximum atomic E-state index is 12.3. The van der Waals surface area contributed by atoms with Gasteiger partial charge in [0, 0.05) is 13.2 Å². The molecule has 0 saturated heterocycles. The molecule has 1 aromatic heterocycles. The quantitative estimate of drug-likeness (QED) is 0.712. The maximum absolute atomic E-state index is 12.3. The molecule has 0 spiro atoms. The van der Waals surface area contributed by atoms with E-state index in [1.54, 1.807) is 13.2 Å². The van der Waals surface area contributed by atoms with Crippen LogP contribution in [0, 0.1) is 0 Å². The highest BCUT2D eigenvalue weighted by atomic mass is 32.2. The lowest BCUT2D eigenvalue weighted by Gasteiger charge is -2.18. The van der Waals surface area contributed by atoms with E-state index in [2.05, 4.69) is 17.0 Å². The van der Waals surface area contributed by atoms with Crippen molar-refractivity contribution in [3.05, 3.63) is 17.9 Å². The van der Waals surface area contributed by atoms with Crippen LogP contribution in [0.5, 0.6) is 0 Å². The Bertz CT molecular complexity index is 541. The van der Waals surface area contributed by atoms with E-state index in [1.165, 1.54) is 6.07 Å². The summed E-state index contributed by atoms with van der Waals surface area (Å²) in [4.78, 5) is 0. The lowest BCUT2D eigenvalue weighted by molar-refractivity contribution is 0.0915. The van der Waals surface area contributed by atoms with E-state index in [4.69, 9.17) is 9.15 Å². The Morgan fingerprint density at radius 3 is 2.90 bits per heavy atom. The second kappa shape index (κ2) is 7.40. The molecule has 1 aromatic rings. The van der Waals surface area contributed by atoms with Crippen molar-refractivity contribution < 1.29 is 17.6 Å². The van der Waals surface area contributed by atoms with Gasteiger partial charge in [-0.05, 0) is 44.4 Å². The highest BCUT2D eigenvalue weighted by molar-refractivity contribution is 7.89. The average Bonchev–Trinajstić information content (AvgIpc) is 3.08. The average molecular weight is 316 g/mol. The number of rotatable bonds is 8. The fraction of sp³-hybridized carbons (Fsp3) is 0.714. The molecule has 7 heteroatoms. The Kier molecular flexibility index (Phi) is 5.80. The summed E-state index contributed by atoms with van der Waals surface area (Å²) < 4.78 is 38.0. The van der Waals surface area contributed by atoms with Crippen molar-refractivity contribution in [3.63, 3.8) is 0 Å². The van der Waals surface area contributed by atoms with E-state index in [0.29, 0.717) is 12.3 Å². The van der Waals surface area contributed by atoms with E-state index in [1.807, 2.05) is 0 Å². The Morgan fingerprint density at radius 2 is 2.19 bits per heavy atom. The highest BCUT2D eigenvalue weighted by Crippen LogP contribution is 2.24. The number of furan rings is 1. The molecular formula is C14H24N2O4S. The van der Waals surface area contributed by atoms with E-state index in [-0.39, 0.29) is 17.2 Å². The SMILES string of the molecule is CCCNCc1ccc(S(=O)(=O)NC2CCCC2OC)o1. The molecular weight excluding hydrogens is 292 g/mol. The number of ether oxygens (including phenoxy) is 1. The minimum atomic E-state index is -3.62. The van der Waals surface area contributed by atoms with Crippen LogP contribution in [0.15, 0.2) is 21.6 Å². The molecule has 21 heavy (non-hydrogen) atoms. The Hall–Kier alpha value is -0.890. The van der Waals surface area contributed by atoms with Crippen LogP contribution in [0.1, 0.15) is 38.4 Å². The first-order valence-corrected chi connectivity index (χ1v) is 8.89. The van der Waals surface area contributed by atoms with Gasteiger partial charge in [0.2, 0.25) is 5.09 Å². The summed E-state index contributed by atoms with van der Waals surface area (Å²) in [5.74, 6) is 0.624. The first kappa shape index (κ1) is 16.5. The standard InChI is InChI=1S/C14H24N2O4S/c1-3-9-15-10-11-7-8-14(20-11)21(17,18)16-12-5-4-6-13(12)19-2/h7-8,12-13,15-16H,3-6,9-10H2,1-2H3. The maximum Gasteiger partial charge on any atom is 0.274 e. The van der Waals surface area contributed by atoms with E-state index >= 15 is 0 Å². The second-order valence-electron chi connectivity index (χ2n) is 5.33. The molecule has 2 N–H and O–H groups in total. The minimum Gasteiger partial charge on any atom is -0.447 e. The fourth-order valence-corrected chi connectivity index (χ4v) is 3.83. The summed E-state index contributed by atoms with van der Waals surface area (Å²) in [6.07, 6.45) is 3.61. The third kappa shape index (κ3) is 4.29. The van der Waals surface area contributed by atoms with E-state index < -0.39 is 10.0 Å². The summed E-state index contributed by atoms with van der Waals surface area (Å²) in [6, 6.07) is 3.02. The molecule has 1 aliphatic rings. The van der Waals surface area contributed by atoms with Gasteiger partial charge < -0.3 is 14.5 Å². The molecule has 0 bridgehead atoms. The topological polar surface area (TPSA) is 80.6 Å². The zero-order chi connectivity index (χ0) is 15.3. The van der Waals surface area contributed by atoms with E-state index in [9.17, 15) is 8.42 Å². The summed E-state index contributed by atoms with van der Waals surface area (Å²) in [5, 5.41) is 3.15. The van der Waals surface area contributed by atoms with Gasteiger partial charge in [-0.3, -0.25) is 0 Å². The molecule has 6 nitrogen and oxygen atoms in total. The smallest absolute Gasteiger partial charge is 0.274 e. The molecule has 2 atom stereocenters. The normalized spacial score (nSPS) is 22.8. The molecule has 0 aromatic carbocycles. The number of hydrogen-bond donors (Lipinski definition) is 2. The van der Waals surface area contributed by atoms with Gasteiger partial charge in [-0.25, -0.2) is 13.1 Å². The molecule has 2 rings (SSSR count). The predicted molar refractivity (Wildman–Crippen MR) is 79.5 cm³/mol. The zero-order valence-corrected chi connectivity index (χ0v) is 13.4. The summed E-state index contributed by atoms with van der Waals surface area (Å²) in [6.45, 7) is 3.48. The highest BCUT2D eigenvalue weighted by Gasteiger charge is 2.32. The first-order valence-electron chi connectivity index (χ1n) is 7.41. The van der Waals surface area contributed by atoms with Crippen molar-refractivity contribution in [2.24, 2.45) is 0 Å². The van der Waals surface area contributed by atoms with Gasteiger partial charge in [0.25, 0.3) is 10.0 Å². The molecule has 2 unspecified atom stereocenters. The lowest BCUT2D eigenvalue weighted by atomic mass is 10.2. The summed E-state index contributed by atoms with van der Waals surface area (Å²) in [5.41, 5.74) is 0. The molecule has 1 heterocycles. The van der Waals surface area contributed by atoms with Crippen LogP contribution in [0.3, 0.4) is 0 Å². The van der Waals surface area contributed by atoms with Crippen LogP contribution in [0.4, 0.5) is 0 Å². The van der Waals surface area contributed by atoms with Gasteiger partial charge >= 0.3 is 0 Å². The van der Waals surface area contributed by atoms with Crippen molar-refractivity contribution >= 4 is 10.0 Å². The van der Waals surface area contributed by atoms with Crippen LogP contribution in [-0.2, 0) is 21.3 Å². The number of hydrogen-bond acceptors (Lipinski definition) is 5.